The third-order valence-electron chi connectivity index (χ3n) is 11.4. The minimum absolute atomic E-state index is 0.0404. The molecule has 0 radical (unpaired) electrons. The van der Waals surface area contributed by atoms with Crippen molar-refractivity contribution in [3.8, 4) is 0 Å². The fourth-order valence-corrected chi connectivity index (χ4v) is 7.69. The van der Waals surface area contributed by atoms with Gasteiger partial charge in [0.2, 0.25) is 0 Å². The Kier molecular flexibility index (Phi) is 23.3. The van der Waals surface area contributed by atoms with Crippen LogP contribution in [0, 0.1) is 17.8 Å². The van der Waals surface area contributed by atoms with Gasteiger partial charge in [0.25, 0.3) is 0 Å². The van der Waals surface area contributed by atoms with Gasteiger partial charge in [0.15, 0.2) is 12.1 Å². The van der Waals surface area contributed by atoms with Crippen LogP contribution in [-0.2, 0) is 28.5 Å². The third kappa shape index (κ3) is 19.3. The van der Waals surface area contributed by atoms with E-state index in [1.54, 1.807) is 74.6 Å². The van der Waals surface area contributed by atoms with Crippen molar-refractivity contribution in [3.05, 3.63) is 85.1 Å². The van der Waals surface area contributed by atoms with Crippen molar-refractivity contribution in [2.75, 3.05) is 6.61 Å². The first-order chi connectivity index (χ1) is 29.8. The molecule has 11 N–H and O–H groups in total. The zero-order valence-corrected chi connectivity index (χ0v) is 36.3. The molecule has 17 unspecified atom stereocenters. The Morgan fingerprint density at radius 3 is 1.81 bits per heavy atom. The van der Waals surface area contributed by atoms with Crippen LogP contribution in [-0.4, -0.2) is 160 Å². The van der Waals surface area contributed by atoms with E-state index in [-0.39, 0.29) is 44.6 Å². The minimum Gasteiger partial charge on any atom is -0.481 e. The third-order valence-corrected chi connectivity index (χ3v) is 11.4. The fraction of sp³-hybridized carbons (Fsp3) is 0.652. The predicted molar refractivity (Wildman–Crippen MR) is 229 cm³/mol. The standard InChI is InChI=1S/C46H70O17/c1-28-16-14-12-10-8-6-4-5-7-9-11-13-15-17-35(62-45-38(53)22-34(50)27-60-45)24-40-42(44(57)58)39(54)26-46(59,63-40)25-33(49)21-37(52)36(51)19-18-31(47)20-32(48)23-41(55)61-30(3)29(2)43(28)56/h4-17,28-40,42-43,45,47-54,56,59H,18-27H2,1-3H3,(H,57,58). The van der Waals surface area contributed by atoms with E-state index in [1.165, 1.54) is 0 Å². The van der Waals surface area contributed by atoms with Gasteiger partial charge in [-0.3, -0.25) is 9.59 Å². The first-order valence-electron chi connectivity index (χ1n) is 21.7. The van der Waals surface area contributed by atoms with E-state index in [0.29, 0.717) is 0 Å². The molecule has 0 saturated carbocycles. The maximum absolute atomic E-state index is 12.6. The van der Waals surface area contributed by atoms with E-state index < -0.39 is 135 Å². The summed E-state index contributed by atoms with van der Waals surface area (Å²) >= 11 is 0. The summed E-state index contributed by atoms with van der Waals surface area (Å²) < 4.78 is 22.9. The van der Waals surface area contributed by atoms with E-state index >= 15 is 0 Å². The maximum atomic E-state index is 12.6. The molecular formula is C46H70O17. The highest BCUT2D eigenvalue weighted by Gasteiger charge is 2.50. The molecule has 0 aromatic carbocycles. The molecule has 0 amide bonds. The maximum Gasteiger partial charge on any atom is 0.311 e. The number of hydrogen-bond donors (Lipinski definition) is 11. The van der Waals surface area contributed by atoms with E-state index in [4.69, 9.17) is 18.9 Å². The molecule has 63 heavy (non-hydrogen) atoms. The molecule has 0 spiro atoms. The molecule has 3 aliphatic heterocycles. The smallest absolute Gasteiger partial charge is 0.311 e. The normalized spacial score (nSPS) is 40.6. The summed E-state index contributed by atoms with van der Waals surface area (Å²) in [5.74, 6) is -6.72. The van der Waals surface area contributed by atoms with Gasteiger partial charge in [0, 0.05) is 43.9 Å². The van der Waals surface area contributed by atoms with Crippen molar-refractivity contribution in [1.82, 2.24) is 0 Å². The van der Waals surface area contributed by atoms with Crippen LogP contribution in [0.3, 0.4) is 0 Å². The number of aliphatic carboxylic acids is 1. The average molecular weight is 895 g/mol. The summed E-state index contributed by atoms with van der Waals surface area (Å²) in [4.78, 5) is 25.0. The van der Waals surface area contributed by atoms with Crippen LogP contribution in [0.4, 0.5) is 0 Å². The number of carboxylic acid groups (broad SMARTS) is 1. The second kappa shape index (κ2) is 27.2. The highest BCUT2D eigenvalue weighted by atomic mass is 16.7. The molecule has 356 valence electrons. The first-order valence-corrected chi connectivity index (χ1v) is 21.7. The van der Waals surface area contributed by atoms with Gasteiger partial charge in [-0.1, -0.05) is 98.9 Å². The van der Waals surface area contributed by atoms with Gasteiger partial charge < -0.3 is 75.1 Å². The number of cyclic esters (lactones) is 1. The highest BCUT2D eigenvalue weighted by molar-refractivity contribution is 5.71. The Balaban J connectivity index is 1.83. The molecule has 0 aliphatic carbocycles. The first kappa shape index (κ1) is 53.9. The van der Waals surface area contributed by atoms with Gasteiger partial charge in [-0.15, -0.1) is 0 Å². The molecule has 3 aliphatic rings. The van der Waals surface area contributed by atoms with Gasteiger partial charge >= 0.3 is 11.9 Å². The van der Waals surface area contributed by atoms with Crippen LogP contribution in [0.2, 0.25) is 0 Å². The number of rotatable bonds is 3. The second-order valence-electron chi connectivity index (χ2n) is 17.0. The fourth-order valence-electron chi connectivity index (χ4n) is 7.69. The number of carboxylic acids is 1. The van der Waals surface area contributed by atoms with Crippen molar-refractivity contribution in [2.24, 2.45) is 17.8 Å². The SMILES string of the molecule is CC1C=CC=CC=CC=CC=CC=CC=CC(OC2OCC(O)CC2O)CC2OC(O)(CC(O)CC(O)C(O)CCC(O)CC(O)CC(=O)OC(C)C(C)C1O)CC(O)C2C(=O)O. The predicted octanol–water partition coefficient (Wildman–Crippen LogP) is 1.39. The van der Waals surface area contributed by atoms with E-state index in [0.717, 1.165) is 0 Å². The zero-order valence-electron chi connectivity index (χ0n) is 36.3. The van der Waals surface area contributed by atoms with Crippen molar-refractivity contribution < 1.29 is 84.7 Å². The van der Waals surface area contributed by atoms with Gasteiger partial charge in [-0.25, -0.2) is 0 Å². The van der Waals surface area contributed by atoms with Crippen LogP contribution in [0.15, 0.2) is 85.1 Å². The van der Waals surface area contributed by atoms with Gasteiger partial charge in [0.1, 0.15) is 18.1 Å². The number of ether oxygens (including phenoxy) is 4. The lowest BCUT2D eigenvalue weighted by Crippen LogP contribution is -2.56. The topological polar surface area (TPSA) is 294 Å². The summed E-state index contributed by atoms with van der Waals surface area (Å²) in [6, 6.07) is 0. The Morgan fingerprint density at radius 2 is 1.22 bits per heavy atom. The van der Waals surface area contributed by atoms with E-state index in [9.17, 15) is 65.8 Å². The van der Waals surface area contributed by atoms with Crippen LogP contribution >= 0.6 is 0 Å². The number of carbonyl (C=O) groups is 2. The lowest BCUT2D eigenvalue weighted by molar-refractivity contribution is -0.305. The number of hydrogen-bond acceptors (Lipinski definition) is 16. The van der Waals surface area contributed by atoms with Crippen LogP contribution in [0.5, 0.6) is 0 Å². The van der Waals surface area contributed by atoms with Crippen LogP contribution in [0.25, 0.3) is 0 Å². The van der Waals surface area contributed by atoms with Crippen molar-refractivity contribution in [2.45, 2.75) is 164 Å². The molecule has 3 rings (SSSR count). The number of fused-ring (bicyclic) bond motifs is 2. The summed E-state index contributed by atoms with van der Waals surface area (Å²) in [7, 11) is 0. The van der Waals surface area contributed by atoms with Gasteiger partial charge in [0.05, 0.1) is 74.1 Å². The number of esters is 1. The van der Waals surface area contributed by atoms with E-state index in [1.807, 2.05) is 31.2 Å². The number of allylic oxidation sites excluding steroid dienone is 12. The molecule has 2 fully saturated rings. The average Bonchev–Trinajstić information content (AvgIpc) is 3.18. The lowest BCUT2D eigenvalue weighted by atomic mass is 9.82. The number of aliphatic hydroxyl groups excluding tert-OH is 9. The van der Waals surface area contributed by atoms with Gasteiger partial charge in [-0.2, -0.15) is 0 Å². The molecule has 2 bridgehead atoms. The summed E-state index contributed by atoms with van der Waals surface area (Å²) in [5.41, 5.74) is 0. The molecule has 2 saturated heterocycles. The van der Waals surface area contributed by atoms with Crippen LogP contribution < -0.4 is 0 Å². The molecule has 17 heteroatoms. The Hall–Kier alpha value is -3.40. The van der Waals surface area contributed by atoms with Crippen molar-refractivity contribution >= 4 is 11.9 Å². The Bertz CT molecular complexity index is 1590. The monoisotopic (exact) mass is 894 g/mol. The lowest BCUT2D eigenvalue weighted by Gasteiger charge is -2.44. The highest BCUT2D eigenvalue weighted by Crippen LogP contribution is 2.38. The molecule has 0 aromatic heterocycles. The summed E-state index contributed by atoms with van der Waals surface area (Å²) in [6.45, 7) is 5.09. The Morgan fingerprint density at radius 1 is 0.651 bits per heavy atom. The van der Waals surface area contributed by atoms with Crippen molar-refractivity contribution in [3.63, 3.8) is 0 Å². The summed E-state index contributed by atoms with van der Waals surface area (Å²) in [6.07, 6.45) is 5.53. The molecule has 17 atom stereocenters. The second-order valence-corrected chi connectivity index (χ2v) is 17.0. The number of aliphatic hydroxyl groups is 10. The van der Waals surface area contributed by atoms with Crippen LogP contribution in [0.1, 0.15) is 78.6 Å². The quantitative estimate of drug-likeness (QED) is 0.179. The molecule has 0 aromatic rings. The summed E-state index contributed by atoms with van der Waals surface area (Å²) in [5, 5.41) is 117. The molecule has 3 heterocycles. The minimum atomic E-state index is -2.29. The number of carbonyl (C=O) groups excluding carboxylic acids is 1. The molecule has 17 nitrogen and oxygen atoms in total. The van der Waals surface area contributed by atoms with Crippen molar-refractivity contribution in [1.29, 1.82) is 0 Å². The largest absolute Gasteiger partial charge is 0.481 e. The molecular weight excluding hydrogens is 824 g/mol. The Labute approximate surface area is 369 Å². The van der Waals surface area contributed by atoms with Gasteiger partial charge in [-0.05, 0) is 26.2 Å². The van der Waals surface area contributed by atoms with E-state index in [2.05, 4.69) is 0 Å². The zero-order chi connectivity index (χ0) is 46.7.